The van der Waals surface area contributed by atoms with Crippen LogP contribution < -0.4 is 4.90 Å². The van der Waals surface area contributed by atoms with Crippen molar-refractivity contribution in [3.8, 4) is 44.5 Å². The summed E-state index contributed by atoms with van der Waals surface area (Å²) in [6.45, 7) is 4.73. The van der Waals surface area contributed by atoms with Gasteiger partial charge in [0.1, 0.15) is 0 Å². The summed E-state index contributed by atoms with van der Waals surface area (Å²) in [6.07, 6.45) is 0. The summed E-state index contributed by atoms with van der Waals surface area (Å²) in [5, 5.41) is 10.2. The monoisotopic (exact) mass is 789 g/mol. The second-order valence-electron chi connectivity index (χ2n) is 17.3. The molecule has 0 N–H and O–H groups in total. The lowest BCUT2D eigenvalue weighted by Crippen LogP contribution is -2.16. The molecule has 62 heavy (non-hydrogen) atoms. The van der Waals surface area contributed by atoms with E-state index in [-0.39, 0.29) is 5.41 Å². The number of rotatable bonds is 6. The van der Waals surface area contributed by atoms with Gasteiger partial charge in [-0.1, -0.05) is 196 Å². The van der Waals surface area contributed by atoms with Crippen LogP contribution in [-0.2, 0) is 5.41 Å². The number of hydrogen-bond donors (Lipinski definition) is 0. The molecule has 0 spiro atoms. The minimum atomic E-state index is -0.0906. The number of hydrogen-bond acceptors (Lipinski definition) is 1. The Morgan fingerprint density at radius 1 is 0.290 bits per heavy atom. The molecule has 12 rings (SSSR count). The van der Waals surface area contributed by atoms with E-state index in [4.69, 9.17) is 0 Å². The van der Waals surface area contributed by atoms with Crippen LogP contribution >= 0.6 is 0 Å². The second-order valence-corrected chi connectivity index (χ2v) is 17.3. The van der Waals surface area contributed by atoms with E-state index in [1.807, 2.05) is 0 Å². The Hall–Kier alpha value is -7.74. The van der Waals surface area contributed by atoms with Crippen molar-refractivity contribution in [3.05, 3.63) is 236 Å². The molecule has 0 amide bonds. The van der Waals surface area contributed by atoms with Crippen molar-refractivity contribution >= 4 is 60.2 Å². The molecule has 0 heterocycles. The van der Waals surface area contributed by atoms with Gasteiger partial charge in [-0.15, -0.1) is 0 Å². The highest BCUT2D eigenvalue weighted by Crippen LogP contribution is 2.52. The molecule has 292 valence electrons. The molecule has 1 aliphatic carbocycles. The quantitative estimate of drug-likeness (QED) is 0.152. The molecule has 0 radical (unpaired) electrons. The van der Waals surface area contributed by atoms with Gasteiger partial charge >= 0.3 is 0 Å². The van der Waals surface area contributed by atoms with E-state index in [9.17, 15) is 0 Å². The second kappa shape index (κ2) is 14.2. The molecule has 0 aromatic heterocycles. The van der Waals surface area contributed by atoms with E-state index >= 15 is 0 Å². The van der Waals surface area contributed by atoms with Crippen molar-refractivity contribution in [2.45, 2.75) is 19.3 Å². The van der Waals surface area contributed by atoms with Crippen LogP contribution in [0.25, 0.3) is 87.6 Å². The SMILES string of the molecule is CC1(C)c2ccccc2-c2cccc(-c3ccc(N(c4ccc(-c5ccc6c(ccc7ccccc76)c5)cc4)c4ccc(-c5cccc6c5ccc5ccccc56)cc4)cc3)c21. The normalized spacial score (nSPS) is 12.8. The minimum absolute atomic E-state index is 0.0906. The fourth-order valence-electron chi connectivity index (χ4n) is 10.4. The van der Waals surface area contributed by atoms with Gasteiger partial charge in [0.15, 0.2) is 0 Å². The Labute approximate surface area is 362 Å². The molecular formula is C61H43N. The molecular weight excluding hydrogens is 747 g/mol. The fourth-order valence-corrected chi connectivity index (χ4v) is 10.4. The highest BCUT2D eigenvalue weighted by Gasteiger charge is 2.37. The third-order valence-electron chi connectivity index (χ3n) is 13.4. The smallest absolute Gasteiger partial charge is 0.0462 e. The Bertz CT molecular complexity index is 3520. The molecule has 0 aliphatic heterocycles. The van der Waals surface area contributed by atoms with Crippen molar-refractivity contribution in [2.24, 2.45) is 0 Å². The Kier molecular flexibility index (Phi) is 8.27. The highest BCUT2D eigenvalue weighted by molar-refractivity contribution is 6.12. The lowest BCUT2D eigenvalue weighted by molar-refractivity contribution is 0.662. The average molecular weight is 790 g/mol. The lowest BCUT2D eigenvalue weighted by Gasteiger charge is -2.27. The first-order chi connectivity index (χ1) is 30.5. The zero-order valence-electron chi connectivity index (χ0n) is 34.8. The molecule has 11 aromatic carbocycles. The molecule has 1 nitrogen and oxygen atoms in total. The van der Waals surface area contributed by atoms with Gasteiger partial charge in [0, 0.05) is 22.5 Å². The minimum Gasteiger partial charge on any atom is -0.311 e. The molecule has 0 atom stereocenters. The predicted molar refractivity (Wildman–Crippen MR) is 265 cm³/mol. The number of anilines is 3. The first-order valence-corrected chi connectivity index (χ1v) is 21.7. The number of nitrogens with zero attached hydrogens (tertiary/aromatic N) is 1. The van der Waals surface area contributed by atoms with Gasteiger partial charge in [-0.25, -0.2) is 0 Å². The van der Waals surface area contributed by atoms with Gasteiger partial charge in [0.2, 0.25) is 0 Å². The van der Waals surface area contributed by atoms with Crippen LogP contribution in [0.1, 0.15) is 25.0 Å². The van der Waals surface area contributed by atoms with E-state index in [0.29, 0.717) is 0 Å². The van der Waals surface area contributed by atoms with Gasteiger partial charge in [0.05, 0.1) is 0 Å². The molecule has 0 saturated carbocycles. The predicted octanol–water partition coefficient (Wildman–Crippen LogP) is 17.1. The van der Waals surface area contributed by atoms with Crippen LogP contribution in [0.4, 0.5) is 17.1 Å². The maximum atomic E-state index is 2.38. The Morgan fingerprint density at radius 2 is 0.742 bits per heavy atom. The van der Waals surface area contributed by atoms with Gasteiger partial charge < -0.3 is 4.90 Å². The molecule has 1 aliphatic rings. The largest absolute Gasteiger partial charge is 0.311 e. The van der Waals surface area contributed by atoms with E-state index in [2.05, 4.69) is 243 Å². The van der Waals surface area contributed by atoms with E-state index < -0.39 is 0 Å². The summed E-state index contributed by atoms with van der Waals surface area (Å²) in [4.78, 5) is 2.38. The zero-order chi connectivity index (χ0) is 41.4. The highest BCUT2D eigenvalue weighted by atomic mass is 15.1. The van der Waals surface area contributed by atoms with Crippen LogP contribution in [0, 0.1) is 0 Å². The van der Waals surface area contributed by atoms with Crippen LogP contribution in [0.3, 0.4) is 0 Å². The summed E-state index contributed by atoms with van der Waals surface area (Å²) in [6, 6.07) is 82.9. The number of benzene rings is 11. The first-order valence-electron chi connectivity index (χ1n) is 21.7. The van der Waals surface area contributed by atoms with Crippen molar-refractivity contribution < 1.29 is 0 Å². The maximum absolute atomic E-state index is 2.38. The standard InChI is InChI=1S/C61H43N/c1-61(2)59-20-8-7-15-57(59)58-19-10-17-54(60(58)61)44-27-35-49(36-28-44)62(47-31-23-40(24-32-47)45-30-37-53-46(39-45)22-21-41-11-3-5-13-50(41)53)48-33-25-43(26-34-48)52-16-9-18-55-51-14-6-4-12-42(51)29-38-56(52)55/h3-39H,1-2H3. The molecule has 0 bridgehead atoms. The third-order valence-corrected chi connectivity index (χ3v) is 13.4. The van der Waals surface area contributed by atoms with Gasteiger partial charge in [-0.2, -0.15) is 0 Å². The zero-order valence-corrected chi connectivity index (χ0v) is 34.8. The van der Waals surface area contributed by atoms with Crippen LogP contribution in [0.15, 0.2) is 224 Å². The topological polar surface area (TPSA) is 3.24 Å². The fraction of sp³-hybridized carbons (Fsp3) is 0.0492. The molecule has 11 aromatic rings. The Balaban J connectivity index is 0.939. The van der Waals surface area contributed by atoms with E-state index in [1.54, 1.807) is 0 Å². The van der Waals surface area contributed by atoms with Gasteiger partial charge in [-0.05, 0) is 141 Å². The Morgan fingerprint density at radius 3 is 1.45 bits per heavy atom. The summed E-state index contributed by atoms with van der Waals surface area (Å²) < 4.78 is 0. The van der Waals surface area contributed by atoms with E-state index in [1.165, 1.54) is 98.7 Å². The lowest BCUT2D eigenvalue weighted by atomic mass is 9.79. The van der Waals surface area contributed by atoms with Crippen LogP contribution in [0.5, 0.6) is 0 Å². The van der Waals surface area contributed by atoms with Crippen molar-refractivity contribution in [1.29, 1.82) is 0 Å². The molecule has 0 unspecified atom stereocenters. The maximum Gasteiger partial charge on any atom is 0.0462 e. The van der Waals surface area contributed by atoms with Crippen LogP contribution in [0.2, 0.25) is 0 Å². The summed E-state index contributed by atoms with van der Waals surface area (Å²) in [5.41, 5.74) is 16.1. The average Bonchev–Trinajstić information content (AvgIpc) is 3.57. The van der Waals surface area contributed by atoms with Gasteiger partial charge in [-0.3, -0.25) is 0 Å². The van der Waals surface area contributed by atoms with Crippen LogP contribution in [-0.4, -0.2) is 0 Å². The summed E-state index contributed by atoms with van der Waals surface area (Å²) in [5.74, 6) is 0. The molecule has 0 fully saturated rings. The van der Waals surface area contributed by atoms with Crippen molar-refractivity contribution in [2.75, 3.05) is 4.90 Å². The number of fused-ring (bicyclic) bond motifs is 9. The summed E-state index contributed by atoms with van der Waals surface area (Å²) >= 11 is 0. The first kappa shape index (κ1) is 36.1. The summed E-state index contributed by atoms with van der Waals surface area (Å²) in [7, 11) is 0. The third kappa shape index (κ3) is 5.77. The molecule has 0 saturated heterocycles. The molecule has 1 heteroatoms. The van der Waals surface area contributed by atoms with Crippen molar-refractivity contribution in [3.63, 3.8) is 0 Å². The van der Waals surface area contributed by atoms with Crippen molar-refractivity contribution in [1.82, 2.24) is 0 Å². The van der Waals surface area contributed by atoms with Gasteiger partial charge in [0.25, 0.3) is 0 Å². The van der Waals surface area contributed by atoms with E-state index in [0.717, 1.165) is 17.1 Å².